The van der Waals surface area contributed by atoms with Crippen LogP contribution in [0.15, 0.2) is 53.5 Å². The van der Waals surface area contributed by atoms with Crippen LogP contribution in [0.3, 0.4) is 0 Å². The molecule has 33 heavy (non-hydrogen) atoms. The van der Waals surface area contributed by atoms with Crippen molar-refractivity contribution in [3.05, 3.63) is 70.4 Å². The maximum atomic E-state index is 14.4. The molecule has 3 aromatic rings. The maximum absolute atomic E-state index is 14.4. The Hall–Kier alpha value is -3.83. The summed E-state index contributed by atoms with van der Waals surface area (Å²) in [6, 6.07) is 10.0. The number of alkyl halides is 1. The molecule has 1 aromatic heterocycles. The fourth-order valence-corrected chi connectivity index (χ4v) is 2.99. The van der Waals surface area contributed by atoms with Gasteiger partial charge in [0.1, 0.15) is 11.6 Å². The summed E-state index contributed by atoms with van der Waals surface area (Å²) >= 11 is 0. The molecule has 11 heteroatoms. The van der Waals surface area contributed by atoms with Crippen LogP contribution in [-0.4, -0.2) is 35.9 Å². The molecule has 3 rings (SSSR count). The number of nitrogens with two attached hydrogens (primary N) is 1. The fourth-order valence-electron chi connectivity index (χ4n) is 2.99. The molecule has 0 saturated carbocycles. The molecule has 0 aliphatic carbocycles. The molecule has 2 amide bonds. The van der Waals surface area contributed by atoms with Crippen LogP contribution in [0.25, 0.3) is 11.1 Å². The molecule has 6 N–H and O–H groups in total. The minimum absolute atomic E-state index is 0.119. The number of halogens is 2. The lowest BCUT2D eigenvalue weighted by Crippen LogP contribution is -2.23. The first-order valence-corrected chi connectivity index (χ1v) is 10.2. The van der Waals surface area contributed by atoms with E-state index in [2.05, 4.69) is 25.9 Å². The summed E-state index contributed by atoms with van der Waals surface area (Å²) in [5.41, 5.74) is 5.97. The lowest BCUT2D eigenvalue weighted by molar-refractivity contribution is 0.192. The second-order valence-corrected chi connectivity index (χ2v) is 6.92. The Morgan fingerprint density at radius 1 is 1.18 bits per heavy atom. The third-order valence-electron chi connectivity index (χ3n) is 4.61. The zero-order chi connectivity index (χ0) is 23.6. The lowest BCUT2D eigenvalue weighted by Gasteiger charge is -2.11. The number of nitrogens with zero attached hydrogens (tertiary/aromatic N) is 1. The van der Waals surface area contributed by atoms with Gasteiger partial charge in [-0.05, 0) is 43.3 Å². The van der Waals surface area contributed by atoms with Gasteiger partial charge in [0, 0.05) is 18.3 Å². The molecule has 2 aromatic carbocycles. The molecular formula is C22H24F2N6O3. The number of aromatic amines is 1. The minimum atomic E-state index is -1.05. The molecule has 0 spiro atoms. The van der Waals surface area contributed by atoms with Gasteiger partial charge < -0.3 is 26.1 Å². The number of hydrogen-bond acceptors (Lipinski definition) is 6. The van der Waals surface area contributed by atoms with E-state index in [4.69, 9.17) is 10.5 Å². The predicted octanol–water partition coefficient (Wildman–Crippen LogP) is 2.96. The smallest absolute Gasteiger partial charge is 0.326 e. The minimum Gasteiger partial charge on any atom is -0.461 e. The van der Waals surface area contributed by atoms with Gasteiger partial charge in [0.15, 0.2) is 0 Å². The van der Waals surface area contributed by atoms with Gasteiger partial charge in [0.25, 0.3) is 5.56 Å². The van der Waals surface area contributed by atoms with Crippen molar-refractivity contribution in [2.45, 2.75) is 13.0 Å². The van der Waals surface area contributed by atoms with Crippen LogP contribution >= 0.6 is 0 Å². The van der Waals surface area contributed by atoms with E-state index >= 15 is 0 Å². The first-order valence-electron chi connectivity index (χ1n) is 10.2. The van der Waals surface area contributed by atoms with Gasteiger partial charge in [0.05, 0.1) is 11.3 Å². The van der Waals surface area contributed by atoms with Crippen molar-refractivity contribution in [1.29, 1.82) is 0 Å². The highest BCUT2D eigenvalue weighted by molar-refractivity contribution is 5.99. The van der Waals surface area contributed by atoms with E-state index in [1.807, 2.05) is 0 Å². The van der Waals surface area contributed by atoms with Gasteiger partial charge in [-0.3, -0.25) is 10.1 Å². The molecule has 174 valence electrons. The highest BCUT2D eigenvalue weighted by Crippen LogP contribution is 2.24. The fraction of sp³-hybridized carbons (Fsp3) is 0.227. The number of H-pyrrole nitrogens is 1. The quantitative estimate of drug-likeness (QED) is 0.297. The van der Waals surface area contributed by atoms with Crippen LogP contribution in [0.2, 0.25) is 0 Å². The Labute approximate surface area is 188 Å². The van der Waals surface area contributed by atoms with E-state index in [1.54, 1.807) is 24.3 Å². The third-order valence-corrected chi connectivity index (χ3v) is 4.61. The number of hydrogen-bond donors (Lipinski definition) is 5. The Morgan fingerprint density at radius 2 is 2.00 bits per heavy atom. The van der Waals surface area contributed by atoms with Gasteiger partial charge >= 0.3 is 6.03 Å². The number of urea groups is 1. The molecule has 0 saturated heterocycles. The number of aromatic nitrogens is 2. The summed E-state index contributed by atoms with van der Waals surface area (Å²) in [5, 5.41) is 7.95. The monoisotopic (exact) mass is 458 g/mol. The van der Waals surface area contributed by atoms with Gasteiger partial charge in [-0.2, -0.15) is 4.98 Å². The topological polar surface area (TPSA) is 134 Å². The number of ether oxygens (including phenoxy) is 1. The van der Waals surface area contributed by atoms with Crippen molar-refractivity contribution in [3.63, 3.8) is 0 Å². The number of carbonyl (C=O) groups is 1. The van der Waals surface area contributed by atoms with E-state index < -0.39 is 24.3 Å². The summed E-state index contributed by atoms with van der Waals surface area (Å²) in [7, 11) is 0. The standard InChI is InChI=1S/C22H24F2N6O3/c23-13-33-19-5-2-1-4-18(19)28-22(32)30-21-27-12-16(20(31)29-21)14-6-7-15(17(24)10-14)11-26-9-3-8-25/h1-2,4-7,10,12,26H,3,8-9,11,13,25H2,(H3,27,28,29,30,31,32). The number of anilines is 2. The average Bonchev–Trinajstić information content (AvgIpc) is 2.79. The maximum Gasteiger partial charge on any atom is 0.326 e. The van der Waals surface area contributed by atoms with Gasteiger partial charge in [0.2, 0.25) is 12.8 Å². The molecule has 0 fully saturated rings. The summed E-state index contributed by atoms with van der Waals surface area (Å²) < 4.78 is 31.7. The van der Waals surface area contributed by atoms with Crippen LogP contribution in [0.1, 0.15) is 12.0 Å². The van der Waals surface area contributed by atoms with Crippen molar-refractivity contribution in [2.24, 2.45) is 5.73 Å². The molecule has 0 aliphatic rings. The summed E-state index contributed by atoms with van der Waals surface area (Å²) in [4.78, 5) is 31.2. The van der Waals surface area contributed by atoms with Crippen molar-refractivity contribution < 1.29 is 18.3 Å². The van der Waals surface area contributed by atoms with Crippen molar-refractivity contribution in [2.75, 3.05) is 30.6 Å². The number of carbonyl (C=O) groups excluding carboxylic acids is 1. The average molecular weight is 458 g/mol. The summed E-state index contributed by atoms with van der Waals surface area (Å²) in [6.07, 6.45) is 2.12. The Morgan fingerprint density at radius 3 is 2.73 bits per heavy atom. The number of para-hydroxylation sites is 2. The van der Waals surface area contributed by atoms with E-state index in [-0.39, 0.29) is 22.9 Å². The van der Waals surface area contributed by atoms with Crippen LogP contribution in [0, 0.1) is 5.82 Å². The first kappa shape index (κ1) is 23.8. The highest BCUT2D eigenvalue weighted by Gasteiger charge is 2.12. The zero-order valence-corrected chi connectivity index (χ0v) is 17.7. The molecule has 0 atom stereocenters. The van der Waals surface area contributed by atoms with Crippen molar-refractivity contribution >= 4 is 17.7 Å². The Balaban J connectivity index is 1.67. The largest absolute Gasteiger partial charge is 0.461 e. The van der Waals surface area contributed by atoms with Gasteiger partial charge in [-0.1, -0.05) is 24.3 Å². The normalized spacial score (nSPS) is 10.6. The van der Waals surface area contributed by atoms with Crippen LogP contribution in [-0.2, 0) is 6.54 Å². The molecule has 0 aliphatic heterocycles. The molecular weight excluding hydrogens is 434 g/mol. The van der Waals surface area contributed by atoms with Gasteiger partial charge in [-0.25, -0.2) is 13.6 Å². The van der Waals surface area contributed by atoms with Crippen LogP contribution in [0.5, 0.6) is 5.75 Å². The first-order chi connectivity index (χ1) is 16.0. The molecule has 0 unspecified atom stereocenters. The van der Waals surface area contributed by atoms with Gasteiger partial charge in [-0.15, -0.1) is 0 Å². The predicted molar refractivity (Wildman–Crippen MR) is 121 cm³/mol. The highest BCUT2D eigenvalue weighted by atomic mass is 19.1. The van der Waals surface area contributed by atoms with Crippen LogP contribution < -0.4 is 32.0 Å². The van der Waals surface area contributed by atoms with Crippen LogP contribution in [0.4, 0.5) is 25.2 Å². The Kier molecular flexibility index (Phi) is 8.44. The molecule has 1 heterocycles. The third kappa shape index (κ3) is 6.57. The summed E-state index contributed by atoms with van der Waals surface area (Å²) in [6.45, 7) is 0.524. The number of nitrogens with one attached hydrogen (secondary N) is 4. The Bertz CT molecular complexity index is 1150. The SMILES string of the molecule is NCCCNCc1ccc(-c2c[nH]c(NC(=O)Nc3ccccc3OCF)nc2=O)cc1F. The molecule has 0 bridgehead atoms. The zero-order valence-electron chi connectivity index (χ0n) is 17.7. The second kappa shape index (κ2) is 11.7. The van der Waals surface area contributed by atoms with E-state index in [1.165, 1.54) is 24.4 Å². The van der Waals surface area contributed by atoms with Crippen molar-refractivity contribution in [3.8, 4) is 16.9 Å². The lowest BCUT2D eigenvalue weighted by atomic mass is 10.1. The number of amides is 2. The molecule has 0 radical (unpaired) electrons. The van der Waals surface area contributed by atoms with E-state index in [9.17, 15) is 18.4 Å². The second-order valence-electron chi connectivity index (χ2n) is 6.92. The number of benzene rings is 2. The number of rotatable bonds is 10. The van der Waals surface area contributed by atoms with E-state index in [0.29, 0.717) is 30.8 Å². The summed E-state index contributed by atoms with van der Waals surface area (Å²) in [5.74, 6) is -0.429. The van der Waals surface area contributed by atoms with E-state index in [0.717, 1.165) is 6.42 Å². The van der Waals surface area contributed by atoms with Crippen molar-refractivity contribution in [1.82, 2.24) is 15.3 Å². The molecule has 9 nitrogen and oxygen atoms in total.